The van der Waals surface area contributed by atoms with Gasteiger partial charge in [0.15, 0.2) is 0 Å². The summed E-state index contributed by atoms with van der Waals surface area (Å²) in [5, 5.41) is 3.60. The number of rotatable bonds is 8. The van der Waals surface area contributed by atoms with E-state index in [0.717, 1.165) is 15.5 Å². The first-order chi connectivity index (χ1) is 9.41. The SMILES string of the molecule is CC(NCCCCN(C)C(C)C)c1ccc(Br)cc1Br. The molecule has 1 rings (SSSR count). The molecule has 0 bridgehead atoms. The molecule has 1 atom stereocenters. The van der Waals surface area contributed by atoms with E-state index in [2.05, 4.69) is 88.1 Å². The topological polar surface area (TPSA) is 15.3 Å². The van der Waals surface area contributed by atoms with Gasteiger partial charge < -0.3 is 10.2 Å². The standard InChI is InChI=1S/C16H26Br2N2/c1-12(2)20(4)10-6-5-9-19-13(3)15-8-7-14(17)11-16(15)18/h7-8,11-13,19H,5-6,9-10H2,1-4H3. The second-order valence-electron chi connectivity index (χ2n) is 5.62. The Bertz CT molecular complexity index is 407. The molecule has 0 aromatic heterocycles. The summed E-state index contributed by atoms with van der Waals surface area (Å²) in [6.45, 7) is 8.94. The van der Waals surface area contributed by atoms with Gasteiger partial charge in [-0.05, 0) is 71.4 Å². The van der Waals surface area contributed by atoms with Crippen molar-refractivity contribution in [3.63, 3.8) is 0 Å². The van der Waals surface area contributed by atoms with Gasteiger partial charge in [0.05, 0.1) is 0 Å². The third-order valence-electron chi connectivity index (χ3n) is 3.70. The van der Waals surface area contributed by atoms with E-state index in [9.17, 15) is 0 Å². The molecule has 0 aliphatic heterocycles. The van der Waals surface area contributed by atoms with Gasteiger partial charge in [-0.1, -0.05) is 37.9 Å². The highest BCUT2D eigenvalue weighted by Crippen LogP contribution is 2.26. The van der Waals surface area contributed by atoms with E-state index in [1.165, 1.54) is 24.9 Å². The molecule has 0 spiro atoms. The molecule has 0 radical (unpaired) electrons. The fourth-order valence-corrected chi connectivity index (χ4v) is 3.42. The molecule has 1 aromatic carbocycles. The Morgan fingerprint density at radius 1 is 1.15 bits per heavy atom. The Kier molecular flexibility index (Phi) is 8.34. The van der Waals surface area contributed by atoms with Crippen molar-refractivity contribution in [2.75, 3.05) is 20.1 Å². The molecule has 0 aliphatic rings. The van der Waals surface area contributed by atoms with Crippen LogP contribution >= 0.6 is 31.9 Å². The van der Waals surface area contributed by atoms with Crippen LogP contribution < -0.4 is 5.32 Å². The lowest BCUT2D eigenvalue weighted by Crippen LogP contribution is -2.28. The molecular weight excluding hydrogens is 380 g/mol. The molecule has 2 nitrogen and oxygen atoms in total. The largest absolute Gasteiger partial charge is 0.310 e. The van der Waals surface area contributed by atoms with Gasteiger partial charge in [0.1, 0.15) is 0 Å². The van der Waals surface area contributed by atoms with Crippen LogP contribution in [0.3, 0.4) is 0 Å². The van der Waals surface area contributed by atoms with Crippen LogP contribution in [0.1, 0.15) is 45.2 Å². The highest BCUT2D eigenvalue weighted by molar-refractivity contribution is 9.11. The molecule has 0 amide bonds. The van der Waals surface area contributed by atoms with Gasteiger partial charge in [-0.2, -0.15) is 0 Å². The summed E-state index contributed by atoms with van der Waals surface area (Å²) in [4.78, 5) is 2.40. The van der Waals surface area contributed by atoms with E-state index in [1.54, 1.807) is 0 Å². The zero-order valence-electron chi connectivity index (χ0n) is 12.9. The van der Waals surface area contributed by atoms with Gasteiger partial charge in [-0.3, -0.25) is 0 Å². The van der Waals surface area contributed by atoms with Crippen LogP contribution in [0, 0.1) is 0 Å². The van der Waals surface area contributed by atoms with Crippen molar-refractivity contribution < 1.29 is 0 Å². The predicted octanol–water partition coefficient (Wildman–Crippen LogP) is 4.98. The highest BCUT2D eigenvalue weighted by atomic mass is 79.9. The molecule has 114 valence electrons. The maximum Gasteiger partial charge on any atom is 0.0302 e. The summed E-state index contributed by atoms with van der Waals surface area (Å²) >= 11 is 7.12. The van der Waals surface area contributed by atoms with E-state index in [0.29, 0.717) is 12.1 Å². The van der Waals surface area contributed by atoms with E-state index in [-0.39, 0.29) is 0 Å². The monoisotopic (exact) mass is 404 g/mol. The minimum absolute atomic E-state index is 0.375. The van der Waals surface area contributed by atoms with Crippen LogP contribution in [-0.4, -0.2) is 31.1 Å². The molecule has 0 aliphatic carbocycles. The predicted molar refractivity (Wildman–Crippen MR) is 95.3 cm³/mol. The zero-order chi connectivity index (χ0) is 15.1. The zero-order valence-corrected chi connectivity index (χ0v) is 16.1. The summed E-state index contributed by atoms with van der Waals surface area (Å²) in [5.41, 5.74) is 1.31. The Labute approximate surface area is 140 Å². The second kappa shape index (κ2) is 9.19. The molecule has 4 heteroatoms. The van der Waals surface area contributed by atoms with Gasteiger partial charge in [0.25, 0.3) is 0 Å². The lowest BCUT2D eigenvalue weighted by molar-refractivity contribution is 0.267. The van der Waals surface area contributed by atoms with Crippen LogP contribution in [0.25, 0.3) is 0 Å². The highest BCUT2D eigenvalue weighted by Gasteiger charge is 2.09. The first kappa shape index (κ1) is 18.1. The summed E-state index contributed by atoms with van der Waals surface area (Å²) in [6.07, 6.45) is 2.46. The quantitative estimate of drug-likeness (QED) is 0.613. The third-order valence-corrected chi connectivity index (χ3v) is 4.88. The number of hydrogen-bond acceptors (Lipinski definition) is 2. The molecule has 0 heterocycles. The van der Waals surface area contributed by atoms with Gasteiger partial charge in [0, 0.05) is 21.0 Å². The Balaban J connectivity index is 2.28. The molecule has 1 unspecified atom stereocenters. The molecule has 0 saturated carbocycles. The first-order valence-electron chi connectivity index (χ1n) is 7.30. The van der Waals surface area contributed by atoms with Gasteiger partial charge in [-0.15, -0.1) is 0 Å². The lowest BCUT2D eigenvalue weighted by Gasteiger charge is -2.21. The summed E-state index contributed by atoms with van der Waals surface area (Å²) in [7, 11) is 2.19. The van der Waals surface area contributed by atoms with Crippen molar-refractivity contribution in [1.29, 1.82) is 0 Å². The van der Waals surface area contributed by atoms with E-state index >= 15 is 0 Å². The van der Waals surface area contributed by atoms with E-state index < -0.39 is 0 Å². The number of nitrogens with one attached hydrogen (secondary N) is 1. The molecule has 1 aromatic rings. The number of benzene rings is 1. The van der Waals surface area contributed by atoms with E-state index in [1.807, 2.05) is 0 Å². The minimum Gasteiger partial charge on any atom is -0.310 e. The van der Waals surface area contributed by atoms with Crippen LogP contribution in [0.5, 0.6) is 0 Å². The van der Waals surface area contributed by atoms with Gasteiger partial charge in [-0.25, -0.2) is 0 Å². The van der Waals surface area contributed by atoms with Crippen molar-refractivity contribution in [1.82, 2.24) is 10.2 Å². The van der Waals surface area contributed by atoms with Crippen molar-refractivity contribution in [3.8, 4) is 0 Å². The average Bonchev–Trinajstić information content (AvgIpc) is 2.37. The number of unbranched alkanes of at least 4 members (excludes halogenated alkanes) is 1. The van der Waals surface area contributed by atoms with Gasteiger partial charge in [0.2, 0.25) is 0 Å². The molecular formula is C16H26Br2N2. The van der Waals surface area contributed by atoms with Crippen molar-refractivity contribution >= 4 is 31.9 Å². The molecule has 0 saturated heterocycles. The minimum atomic E-state index is 0.375. The maximum absolute atomic E-state index is 3.63. The van der Waals surface area contributed by atoms with Crippen molar-refractivity contribution in [3.05, 3.63) is 32.7 Å². The Morgan fingerprint density at radius 2 is 1.85 bits per heavy atom. The fraction of sp³-hybridized carbons (Fsp3) is 0.625. The Hall–Kier alpha value is 0.1000. The van der Waals surface area contributed by atoms with Gasteiger partial charge >= 0.3 is 0 Å². The lowest BCUT2D eigenvalue weighted by atomic mass is 10.1. The summed E-state index contributed by atoms with van der Waals surface area (Å²) in [6, 6.07) is 7.38. The number of nitrogens with zero attached hydrogens (tertiary/aromatic N) is 1. The van der Waals surface area contributed by atoms with Crippen molar-refractivity contribution in [2.24, 2.45) is 0 Å². The summed E-state index contributed by atoms with van der Waals surface area (Å²) in [5.74, 6) is 0. The van der Waals surface area contributed by atoms with Crippen molar-refractivity contribution in [2.45, 2.75) is 45.7 Å². The van der Waals surface area contributed by atoms with E-state index in [4.69, 9.17) is 0 Å². The van der Waals surface area contributed by atoms with Crippen LogP contribution in [0.4, 0.5) is 0 Å². The molecule has 1 N–H and O–H groups in total. The maximum atomic E-state index is 3.63. The third kappa shape index (κ3) is 6.25. The van der Waals surface area contributed by atoms with Crippen LogP contribution in [0.2, 0.25) is 0 Å². The number of halogens is 2. The fourth-order valence-electron chi connectivity index (χ4n) is 2.03. The normalized spacial score (nSPS) is 13.2. The summed E-state index contributed by atoms with van der Waals surface area (Å²) < 4.78 is 2.27. The number of hydrogen-bond donors (Lipinski definition) is 1. The van der Waals surface area contributed by atoms with Crippen LogP contribution in [-0.2, 0) is 0 Å². The molecule has 20 heavy (non-hydrogen) atoms. The smallest absolute Gasteiger partial charge is 0.0302 e. The first-order valence-corrected chi connectivity index (χ1v) is 8.89. The second-order valence-corrected chi connectivity index (χ2v) is 7.39. The average molecular weight is 406 g/mol. The van der Waals surface area contributed by atoms with Crippen LogP contribution in [0.15, 0.2) is 27.1 Å². The molecule has 0 fully saturated rings. The Morgan fingerprint density at radius 3 is 2.45 bits per heavy atom.